The van der Waals surface area contributed by atoms with Crippen molar-refractivity contribution in [2.75, 3.05) is 6.61 Å². The van der Waals surface area contributed by atoms with Crippen LogP contribution in [0.5, 0.6) is 0 Å². The van der Waals surface area contributed by atoms with Crippen LogP contribution in [0.3, 0.4) is 0 Å². The molecule has 136 valence electrons. The first-order chi connectivity index (χ1) is 13.1. The van der Waals surface area contributed by atoms with Crippen LogP contribution in [0, 0.1) is 16.0 Å². The number of hydrogen-bond donors (Lipinski definition) is 0. The Labute approximate surface area is 156 Å². The Morgan fingerprint density at radius 2 is 1.78 bits per heavy atom. The van der Waals surface area contributed by atoms with E-state index in [0.29, 0.717) is 24.0 Å². The molecule has 5 nitrogen and oxygen atoms in total. The summed E-state index contributed by atoms with van der Waals surface area (Å²) in [5.74, 6) is 0.635. The zero-order valence-electron chi connectivity index (χ0n) is 14.7. The summed E-state index contributed by atoms with van der Waals surface area (Å²) < 4.78 is 5.32. The van der Waals surface area contributed by atoms with Gasteiger partial charge in [0.25, 0.3) is 5.69 Å². The van der Waals surface area contributed by atoms with E-state index in [1.165, 1.54) is 40.6 Å². The van der Waals surface area contributed by atoms with Crippen LogP contribution in [-0.4, -0.2) is 17.5 Å². The fraction of sp³-hybridized carbons (Fsp3) is 0.227. The molecular formula is C22H19NO4. The van der Waals surface area contributed by atoms with Gasteiger partial charge in [0.1, 0.15) is 0 Å². The van der Waals surface area contributed by atoms with Gasteiger partial charge in [-0.2, -0.15) is 0 Å². The lowest BCUT2D eigenvalue weighted by atomic mass is 10.0. The maximum Gasteiger partial charge on any atom is 0.338 e. The number of nitro groups is 1. The predicted octanol–water partition coefficient (Wildman–Crippen LogP) is 5.10. The largest absolute Gasteiger partial charge is 0.462 e. The molecule has 3 aromatic carbocycles. The number of fused-ring (bicyclic) bond motifs is 1. The van der Waals surface area contributed by atoms with Gasteiger partial charge in [-0.05, 0) is 53.1 Å². The molecule has 0 unspecified atom stereocenters. The number of nitro benzene ring substituents is 1. The van der Waals surface area contributed by atoms with Crippen molar-refractivity contribution in [2.24, 2.45) is 5.92 Å². The molecule has 0 saturated heterocycles. The van der Waals surface area contributed by atoms with Gasteiger partial charge < -0.3 is 4.74 Å². The maximum absolute atomic E-state index is 12.0. The van der Waals surface area contributed by atoms with Crippen molar-refractivity contribution in [1.29, 1.82) is 0 Å². The van der Waals surface area contributed by atoms with Crippen LogP contribution in [-0.2, 0) is 4.74 Å². The van der Waals surface area contributed by atoms with Gasteiger partial charge in [0.2, 0.25) is 0 Å². The topological polar surface area (TPSA) is 69.4 Å². The number of nitrogens with zero attached hydrogens (tertiary/aromatic N) is 1. The molecule has 27 heavy (non-hydrogen) atoms. The van der Waals surface area contributed by atoms with Crippen LogP contribution in [0.25, 0.3) is 10.8 Å². The minimum absolute atomic E-state index is 0.0391. The van der Waals surface area contributed by atoms with E-state index in [9.17, 15) is 14.9 Å². The summed E-state index contributed by atoms with van der Waals surface area (Å²) in [5.41, 5.74) is 1.64. The smallest absolute Gasteiger partial charge is 0.338 e. The van der Waals surface area contributed by atoms with Crippen LogP contribution in [0.4, 0.5) is 5.69 Å². The van der Waals surface area contributed by atoms with Crippen molar-refractivity contribution in [3.63, 3.8) is 0 Å². The van der Waals surface area contributed by atoms with Gasteiger partial charge in [-0.1, -0.05) is 42.5 Å². The first kappa shape index (κ1) is 17.2. The summed E-state index contributed by atoms with van der Waals surface area (Å²) >= 11 is 0. The Balaban J connectivity index is 1.28. The van der Waals surface area contributed by atoms with Crippen molar-refractivity contribution in [3.8, 4) is 0 Å². The van der Waals surface area contributed by atoms with Crippen molar-refractivity contribution >= 4 is 22.4 Å². The monoisotopic (exact) mass is 361 g/mol. The lowest BCUT2D eigenvalue weighted by molar-refractivity contribution is -0.384. The highest BCUT2D eigenvalue weighted by Crippen LogP contribution is 2.49. The van der Waals surface area contributed by atoms with Crippen LogP contribution in [0.2, 0.25) is 0 Å². The molecule has 0 amide bonds. The molecule has 1 fully saturated rings. The Hall–Kier alpha value is -3.21. The predicted molar refractivity (Wildman–Crippen MR) is 103 cm³/mol. The Morgan fingerprint density at radius 3 is 2.52 bits per heavy atom. The fourth-order valence-corrected chi connectivity index (χ4v) is 3.52. The van der Waals surface area contributed by atoms with Gasteiger partial charge >= 0.3 is 5.97 Å². The molecule has 1 aliphatic carbocycles. The molecular weight excluding hydrogens is 342 g/mol. The molecule has 0 heterocycles. The van der Waals surface area contributed by atoms with E-state index in [4.69, 9.17) is 4.74 Å². The van der Waals surface area contributed by atoms with Gasteiger partial charge in [-0.25, -0.2) is 4.79 Å². The number of ether oxygens (including phenoxy) is 1. The molecule has 2 atom stereocenters. The molecule has 0 aliphatic heterocycles. The average Bonchev–Trinajstić information content (AvgIpc) is 3.47. The lowest BCUT2D eigenvalue weighted by Gasteiger charge is -2.06. The van der Waals surface area contributed by atoms with E-state index in [0.717, 1.165) is 12.8 Å². The summed E-state index contributed by atoms with van der Waals surface area (Å²) in [6, 6.07) is 20.4. The molecule has 0 aromatic heterocycles. The number of carbonyl (C=O) groups excluding carboxylic acids is 1. The summed E-state index contributed by atoms with van der Waals surface area (Å²) in [6.45, 7) is 0.366. The SMILES string of the molecule is O=C(OCC[C@H]1C[C@H]1c1ccc2ccccc2c1)c1ccc([N+](=O)[O-])cc1. The number of hydrogen-bond acceptors (Lipinski definition) is 4. The normalized spacial score (nSPS) is 18.2. The first-order valence-electron chi connectivity index (χ1n) is 9.02. The van der Waals surface area contributed by atoms with Crippen molar-refractivity contribution in [2.45, 2.75) is 18.8 Å². The van der Waals surface area contributed by atoms with Crippen molar-refractivity contribution in [1.82, 2.24) is 0 Å². The molecule has 3 aromatic rings. The van der Waals surface area contributed by atoms with Crippen LogP contribution >= 0.6 is 0 Å². The summed E-state index contributed by atoms with van der Waals surface area (Å²) in [4.78, 5) is 22.2. The number of benzene rings is 3. The Bertz CT molecular complexity index is 997. The molecule has 0 bridgehead atoms. The third-order valence-electron chi connectivity index (χ3n) is 5.16. The molecule has 0 N–H and O–H groups in total. The summed E-state index contributed by atoms with van der Waals surface area (Å²) in [7, 11) is 0. The lowest BCUT2D eigenvalue weighted by Crippen LogP contribution is -2.07. The molecule has 4 rings (SSSR count). The summed E-state index contributed by atoms with van der Waals surface area (Å²) in [5, 5.41) is 13.1. The van der Waals surface area contributed by atoms with Gasteiger partial charge in [0.05, 0.1) is 17.1 Å². The minimum Gasteiger partial charge on any atom is -0.462 e. The van der Waals surface area contributed by atoms with Crippen molar-refractivity contribution < 1.29 is 14.5 Å². The second kappa shape index (κ2) is 7.19. The molecule has 5 heteroatoms. The van der Waals surface area contributed by atoms with E-state index in [1.54, 1.807) is 0 Å². The average molecular weight is 361 g/mol. The first-order valence-corrected chi connectivity index (χ1v) is 9.02. The maximum atomic E-state index is 12.0. The van der Waals surface area contributed by atoms with Crippen LogP contribution < -0.4 is 0 Å². The highest BCUT2D eigenvalue weighted by Gasteiger charge is 2.37. The second-order valence-corrected chi connectivity index (χ2v) is 6.94. The van der Waals surface area contributed by atoms with E-state index in [1.807, 2.05) is 12.1 Å². The van der Waals surface area contributed by atoms with Gasteiger partial charge in [0, 0.05) is 12.1 Å². The highest BCUT2D eigenvalue weighted by molar-refractivity contribution is 5.89. The third-order valence-corrected chi connectivity index (χ3v) is 5.16. The quantitative estimate of drug-likeness (QED) is 0.348. The highest BCUT2D eigenvalue weighted by atomic mass is 16.6. The molecule has 1 aliphatic rings. The standard InChI is InChI=1S/C22H19NO4/c24-22(16-7-9-20(10-8-16)23(25)26)27-12-11-19-14-21(19)18-6-5-15-3-1-2-4-17(15)13-18/h1-10,13,19,21H,11-12,14H2/t19-,21-/m0/s1. The molecule has 0 spiro atoms. The third kappa shape index (κ3) is 3.82. The van der Waals surface area contributed by atoms with Gasteiger partial charge in [-0.3, -0.25) is 10.1 Å². The second-order valence-electron chi connectivity index (χ2n) is 6.94. The minimum atomic E-state index is -0.491. The molecule has 1 saturated carbocycles. The van der Waals surface area contributed by atoms with Crippen LogP contribution in [0.1, 0.15) is 34.7 Å². The number of carbonyl (C=O) groups is 1. The van der Waals surface area contributed by atoms with E-state index in [2.05, 4.69) is 30.3 Å². The number of esters is 1. The van der Waals surface area contributed by atoms with E-state index in [-0.39, 0.29) is 5.69 Å². The van der Waals surface area contributed by atoms with E-state index >= 15 is 0 Å². The number of rotatable bonds is 6. The fourth-order valence-electron chi connectivity index (χ4n) is 3.52. The zero-order chi connectivity index (χ0) is 18.8. The van der Waals surface area contributed by atoms with Gasteiger partial charge in [0.15, 0.2) is 0 Å². The molecule has 0 radical (unpaired) electrons. The van der Waals surface area contributed by atoms with E-state index < -0.39 is 10.9 Å². The Morgan fingerprint density at radius 1 is 1.04 bits per heavy atom. The Kier molecular flexibility index (Phi) is 4.59. The number of non-ortho nitro benzene ring substituents is 1. The van der Waals surface area contributed by atoms with Gasteiger partial charge in [-0.15, -0.1) is 0 Å². The van der Waals surface area contributed by atoms with Crippen LogP contribution in [0.15, 0.2) is 66.7 Å². The summed E-state index contributed by atoms with van der Waals surface area (Å²) in [6.07, 6.45) is 1.95. The van der Waals surface area contributed by atoms with Crippen molar-refractivity contribution in [3.05, 3.63) is 88.0 Å². The zero-order valence-corrected chi connectivity index (χ0v) is 14.7.